The van der Waals surface area contributed by atoms with Crippen LogP contribution >= 0.6 is 11.8 Å². The SMILES string of the molecule is N#Cc1ccc(CNC(=O)N2CCSCC2C(=O)O)cc1. The van der Waals surface area contributed by atoms with Crippen molar-refractivity contribution in [3.05, 3.63) is 35.4 Å². The van der Waals surface area contributed by atoms with Crippen molar-refractivity contribution in [1.82, 2.24) is 10.2 Å². The number of amides is 2. The zero-order valence-electron chi connectivity index (χ0n) is 11.3. The van der Waals surface area contributed by atoms with Gasteiger partial charge >= 0.3 is 12.0 Å². The summed E-state index contributed by atoms with van der Waals surface area (Å²) in [5, 5.41) is 20.6. The molecular formula is C14H15N3O3S. The highest BCUT2D eigenvalue weighted by molar-refractivity contribution is 7.99. The van der Waals surface area contributed by atoms with Crippen LogP contribution in [-0.4, -0.2) is 46.1 Å². The van der Waals surface area contributed by atoms with Crippen molar-refractivity contribution in [1.29, 1.82) is 5.26 Å². The molecule has 1 aromatic carbocycles. The van der Waals surface area contributed by atoms with E-state index in [0.717, 1.165) is 11.3 Å². The van der Waals surface area contributed by atoms with E-state index < -0.39 is 12.0 Å². The van der Waals surface area contributed by atoms with E-state index in [-0.39, 0.29) is 6.03 Å². The quantitative estimate of drug-likeness (QED) is 0.877. The average Bonchev–Trinajstić information content (AvgIpc) is 2.53. The Labute approximate surface area is 126 Å². The zero-order valence-corrected chi connectivity index (χ0v) is 12.1. The van der Waals surface area contributed by atoms with Crippen molar-refractivity contribution in [3.8, 4) is 6.07 Å². The minimum absolute atomic E-state index is 0.306. The van der Waals surface area contributed by atoms with Crippen LogP contribution in [0.3, 0.4) is 0 Å². The van der Waals surface area contributed by atoms with Gasteiger partial charge in [-0.2, -0.15) is 17.0 Å². The third-order valence-corrected chi connectivity index (χ3v) is 4.22. The first-order chi connectivity index (χ1) is 10.1. The van der Waals surface area contributed by atoms with E-state index in [1.165, 1.54) is 16.7 Å². The van der Waals surface area contributed by atoms with Crippen molar-refractivity contribution in [2.75, 3.05) is 18.1 Å². The maximum absolute atomic E-state index is 12.1. The van der Waals surface area contributed by atoms with E-state index in [2.05, 4.69) is 5.32 Å². The van der Waals surface area contributed by atoms with E-state index in [0.29, 0.717) is 24.4 Å². The molecule has 0 saturated carbocycles. The molecule has 2 N–H and O–H groups in total. The number of thioether (sulfide) groups is 1. The summed E-state index contributed by atoms with van der Waals surface area (Å²) in [6.07, 6.45) is 0. The van der Waals surface area contributed by atoms with Crippen molar-refractivity contribution < 1.29 is 14.7 Å². The lowest BCUT2D eigenvalue weighted by molar-refractivity contribution is -0.141. The molecule has 1 heterocycles. The first-order valence-corrected chi connectivity index (χ1v) is 7.61. The van der Waals surface area contributed by atoms with Gasteiger partial charge in [0.15, 0.2) is 0 Å². The molecule has 21 heavy (non-hydrogen) atoms. The third kappa shape index (κ3) is 3.89. The highest BCUT2D eigenvalue weighted by atomic mass is 32.2. The first kappa shape index (κ1) is 15.2. The van der Waals surface area contributed by atoms with Crippen LogP contribution in [-0.2, 0) is 11.3 Å². The Balaban J connectivity index is 1.93. The number of urea groups is 1. The smallest absolute Gasteiger partial charge is 0.327 e. The predicted molar refractivity (Wildman–Crippen MR) is 78.8 cm³/mol. The van der Waals surface area contributed by atoms with Crippen molar-refractivity contribution in [3.63, 3.8) is 0 Å². The normalized spacial score (nSPS) is 17.9. The molecule has 1 aliphatic heterocycles. The summed E-state index contributed by atoms with van der Waals surface area (Å²) in [7, 11) is 0. The molecule has 1 aromatic rings. The maximum Gasteiger partial charge on any atom is 0.327 e. The monoisotopic (exact) mass is 305 g/mol. The summed E-state index contributed by atoms with van der Waals surface area (Å²) in [5.74, 6) is 0.184. The second-order valence-corrected chi connectivity index (χ2v) is 5.74. The van der Waals surface area contributed by atoms with Crippen LogP contribution in [0.15, 0.2) is 24.3 Å². The van der Waals surface area contributed by atoms with Gasteiger partial charge in [0, 0.05) is 24.6 Å². The van der Waals surface area contributed by atoms with Gasteiger partial charge in [0.05, 0.1) is 11.6 Å². The number of rotatable bonds is 3. The zero-order chi connectivity index (χ0) is 15.2. The Hall–Kier alpha value is -2.20. The number of hydrogen-bond acceptors (Lipinski definition) is 4. The van der Waals surface area contributed by atoms with Gasteiger partial charge in [-0.25, -0.2) is 9.59 Å². The van der Waals surface area contributed by atoms with E-state index in [4.69, 9.17) is 10.4 Å². The molecule has 7 heteroatoms. The standard InChI is InChI=1S/C14H15N3O3S/c15-7-10-1-3-11(4-2-10)8-16-14(20)17-5-6-21-9-12(17)13(18)19/h1-4,12H,5-6,8-9H2,(H,16,20)(H,18,19). The summed E-state index contributed by atoms with van der Waals surface area (Å²) in [4.78, 5) is 24.6. The van der Waals surface area contributed by atoms with Gasteiger partial charge in [-0.15, -0.1) is 0 Å². The average molecular weight is 305 g/mol. The van der Waals surface area contributed by atoms with E-state index in [9.17, 15) is 9.59 Å². The lowest BCUT2D eigenvalue weighted by Gasteiger charge is -2.32. The van der Waals surface area contributed by atoms with Gasteiger partial charge in [0.25, 0.3) is 0 Å². The molecule has 2 rings (SSSR count). The van der Waals surface area contributed by atoms with Gasteiger partial charge in [-0.05, 0) is 17.7 Å². The molecule has 2 amide bonds. The Morgan fingerprint density at radius 2 is 2.14 bits per heavy atom. The van der Waals surface area contributed by atoms with Crippen molar-refractivity contribution in [2.45, 2.75) is 12.6 Å². The molecule has 1 unspecified atom stereocenters. The number of nitriles is 1. The van der Waals surface area contributed by atoms with Crippen LogP contribution in [0, 0.1) is 11.3 Å². The van der Waals surface area contributed by atoms with Crippen LogP contribution in [0.1, 0.15) is 11.1 Å². The van der Waals surface area contributed by atoms with E-state index >= 15 is 0 Å². The fourth-order valence-electron chi connectivity index (χ4n) is 2.03. The number of carboxylic acid groups (broad SMARTS) is 1. The first-order valence-electron chi connectivity index (χ1n) is 6.46. The number of carboxylic acids is 1. The van der Waals surface area contributed by atoms with Crippen molar-refractivity contribution in [2.24, 2.45) is 0 Å². The lowest BCUT2D eigenvalue weighted by Crippen LogP contribution is -2.53. The Morgan fingerprint density at radius 1 is 1.43 bits per heavy atom. The van der Waals surface area contributed by atoms with Crippen LogP contribution in [0.5, 0.6) is 0 Å². The minimum atomic E-state index is -0.976. The molecule has 110 valence electrons. The predicted octanol–water partition coefficient (Wildman–Crippen LogP) is 1.27. The van der Waals surface area contributed by atoms with Gasteiger partial charge in [0.1, 0.15) is 6.04 Å². The summed E-state index contributed by atoms with van der Waals surface area (Å²) in [6, 6.07) is 7.77. The molecule has 6 nitrogen and oxygen atoms in total. The largest absolute Gasteiger partial charge is 0.480 e. The lowest BCUT2D eigenvalue weighted by atomic mass is 10.1. The molecule has 0 radical (unpaired) electrons. The number of benzene rings is 1. The number of nitrogens with one attached hydrogen (secondary N) is 1. The van der Waals surface area contributed by atoms with E-state index in [1.54, 1.807) is 24.3 Å². The molecule has 0 aromatic heterocycles. The van der Waals surface area contributed by atoms with Gasteiger partial charge in [-0.1, -0.05) is 12.1 Å². The van der Waals surface area contributed by atoms with E-state index in [1.807, 2.05) is 6.07 Å². The highest BCUT2D eigenvalue weighted by Gasteiger charge is 2.32. The third-order valence-electron chi connectivity index (χ3n) is 3.20. The Morgan fingerprint density at radius 3 is 2.76 bits per heavy atom. The number of carbonyl (C=O) groups is 2. The molecule has 0 aliphatic carbocycles. The molecule has 0 spiro atoms. The van der Waals surface area contributed by atoms with Gasteiger partial charge < -0.3 is 15.3 Å². The molecule has 1 atom stereocenters. The number of carbonyl (C=O) groups excluding carboxylic acids is 1. The van der Waals surface area contributed by atoms with Crippen LogP contribution in [0.2, 0.25) is 0 Å². The molecule has 1 fully saturated rings. The van der Waals surface area contributed by atoms with Gasteiger partial charge in [-0.3, -0.25) is 0 Å². The van der Waals surface area contributed by atoms with Gasteiger partial charge in [0.2, 0.25) is 0 Å². The minimum Gasteiger partial charge on any atom is -0.480 e. The number of aliphatic carboxylic acids is 1. The second-order valence-electron chi connectivity index (χ2n) is 4.59. The van der Waals surface area contributed by atoms with Crippen molar-refractivity contribution >= 4 is 23.8 Å². The topological polar surface area (TPSA) is 93.4 Å². The Bertz CT molecular complexity index is 568. The second kappa shape index (κ2) is 6.99. The molecular weight excluding hydrogens is 290 g/mol. The summed E-state index contributed by atoms with van der Waals surface area (Å²) in [6.45, 7) is 0.737. The summed E-state index contributed by atoms with van der Waals surface area (Å²) < 4.78 is 0. The fraction of sp³-hybridized carbons (Fsp3) is 0.357. The fourth-order valence-corrected chi connectivity index (χ4v) is 3.07. The maximum atomic E-state index is 12.1. The van der Waals surface area contributed by atoms with Crippen LogP contribution in [0.4, 0.5) is 4.79 Å². The number of hydrogen-bond donors (Lipinski definition) is 2. The number of nitrogens with zero attached hydrogens (tertiary/aromatic N) is 2. The van der Waals surface area contributed by atoms with Crippen LogP contribution < -0.4 is 5.32 Å². The summed E-state index contributed by atoms with van der Waals surface area (Å²) in [5.41, 5.74) is 1.42. The Kier molecular flexibility index (Phi) is 5.06. The highest BCUT2D eigenvalue weighted by Crippen LogP contribution is 2.16. The molecule has 0 bridgehead atoms. The summed E-state index contributed by atoms with van der Waals surface area (Å²) >= 11 is 1.54. The van der Waals surface area contributed by atoms with Crippen LogP contribution in [0.25, 0.3) is 0 Å². The molecule has 1 aliphatic rings. The molecule has 1 saturated heterocycles.